The maximum atomic E-state index is 8.60. The van der Waals surface area contributed by atoms with E-state index in [2.05, 4.69) is 23.9 Å². The molecule has 0 bridgehead atoms. The molecule has 0 aromatic rings. The Bertz CT molecular complexity index is 302. The van der Waals surface area contributed by atoms with Gasteiger partial charge in [-0.25, -0.2) is 0 Å². The smallest absolute Gasteiger partial charge is 0.0777 e. The van der Waals surface area contributed by atoms with Crippen LogP contribution in [0.1, 0.15) is 19.3 Å². The third kappa shape index (κ3) is 7.82. The number of halogens is 1. The van der Waals surface area contributed by atoms with Gasteiger partial charge in [0, 0.05) is 0 Å². The Morgan fingerprint density at radius 1 is 1.26 bits per heavy atom. The van der Waals surface area contributed by atoms with E-state index in [1.165, 1.54) is 37.1 Å². The third-order valence-corrected chi connectivity index (χ3v) is 9.79. The number of hydrogen-bond donors (Lipinski definition) is 1. The summed E-state index contributed by atoms with van der Waals surface area (Å²) in [6.07, 6.45) is 4.16. The summed E-state index contributed by atoms with van der Waals surface area (Å²) in [6.45, 7) is 2.52. The summed E-state index contributed by atoms with van der Waals surface area (Å²) in [6, 6.07) is 0. The minimum absolute atomic E-state index is 0.527. The number of rotatable bonds is 1. The molecule has 0 aliphatic carbocycles. The van der Waals surface area contributed by atoms with Gasteiger partial charge in [0.25, 0.3) is 0 Å². The van der Waals surface area contributed by atoms with Crippen molar-refractivity contribution in [2.45, 2.75) is 24.3 Å². The molecule has 7 nitrogen and oxygen atoms in total. The predicted octanol–water partition coefficient (Wildman–Crippen LogP) is -4.11. The standard InChI is InChI=1S/C9H17N3Se2.ClHO4/c1-11(2)8-10-9(14-13-8)12-6-4-3-5-7-12;2-1(3,4)5/h8H,3-7H2,1-2H3;(H,2,3,4,5). The third-order valence-electron chi connectivity index (χ3n) is 2.50. The normalized spacial score (nSPS) is 24.1. The van der Waals surface area contributed by atoms with Gasteiger partial charge < -0.3 is 0 Å². The van der Waals surface area contributed by atoms with E-state index >= 15 is 0 Å². The minimum Gasteiger partial charge on any atom is -0.183 e. The Labute approximate surface area is 126 Å². The number of nitrogens with zero attached hydrogens (tertiary/aromatic N) is 3. The van der Waals surface area contributed by atoms with Crippen LogP contribution in [0, 0.1) is 10.2 Å². The zero-order valence-corrected chi connectivity index (χ0v) is 15.0. The first-order chi connectivity index (χ1) is 8.77. The maximum Gasteiger partial charge on any atom is 0.0777 e. The van der Waals surface area contributed by atoms with Gasteiger partial charge >= 0.3 is 97.3 Å². The first kappa shape index (κ1) is 17.6. The van der Waals surface area contributed by atoms with Crippen LogP contribution < -0.4 is 14.0 Å². The van der Waals surface area contributed by atoms with Crippen LogP contribution in [0.5, 0.6) is 0 Å². The summed E-state index contributed by atoms with van der Waals surface area (Å²) >= 11 is 1.42. The van der Waals surface area contributed by atoms with E-state index in [4.69, 9.17) is 23.6 Å². The maximum absolute atomic E-state index is 8.60. The van der Waals surface area contributed by atoms with Gasteiger partial charge in [0.05, 0.1) is 14.9 Å². The van der Waals surface area contributed by atoms with Crippen molar-refractivity contribution in [3.63, 3.8) is 0 Å². The van der Waals surface area contributed by atoms with Crippen LogP contribution in [-0.2, 0) is 0 Å². The van der Waals surface area contributed by atoms with Gasteiger partial charge in [-0.15, -0.1) is 0 Å². The van der Waals surface area contributed by atoms with Crippen molar-refractivity contribution in [1.29, 1.82) is 0 Å². The van der Waals surface area contributed by atoms with E-state index in [0.717, 1.165) is 13.1 Å². The molecule has 1 saturated heterocycles. The fourth-order valence-corrected chi connectivity index (χ4v) is 9.75. The van der Waals surface area contributed by atoms with E-state index in [0.29, 0.717) is 18.2 Å². The van der Waals surface area contributed by atoms with Crippen molar-refractivity contribution in [3.8, 4) is 0 Å². The Kier molecular flexibility index (Phi) is 7.56. The van der Waals surface area contributed by atoms with E-state index in [-0.39, 0.29) is 0 Å². The van der Waals surface area contributed by atoms with Gasteiger partial charge in [0.15, 0.2) is 0 Å². The van der Waals surface area contributed by atoms with Crippen LogP contribution in [0.3, 0.4) is 0 Å². The van der Waals surface area contributed by atoms with Crippen molar-refractivity contribution in [3.05, 3.63) is 0 Å². The molecule has 0 spiro atoms. The van der Waals surface area contributed by atoms with Crippen molar-refractivity contribution >= 4 is 31.0 Å². The van der Waals surface area contributed by atoms with Crippen molar-refractivity contribution in [1.82, 2.24) is 9.80 Å². The molecule has 2 heterocycles. The molecule has 2 aliphatic heterocycles. The number of aliphatic imine (C=N–C) groups is 1. The fraction of sp³-hybridized carbons (Fsp3) is 0.889. The zero-order chi connectivity index (χ0) is 14.5. The molecule has 2 aliphatic rings. The second kappa shape index (κ2) is 8.14. The second-order valence-corrected chi connectivity index (χ2v) is 11.4. The van der Waals surface area contributed by atoms with E-state index in [1.54, 1.807) is 0 Å². The van der Waals surface area contributed by atoms with Gasteiger partial charge in [-0.2, -0.15) is 14.0 Å². The second-order valence-electron chi connectivity index (χ2n) is 4.32. The van der Waals surface area contributed by atoms with Crippen LogP contribution in [-0.4, -0.2) is 77.7 Å². The summed E-state index contributed by atoms with van der Waals surface area (Å²) in [5.41, 5.74) is 0. The van der Waals surface area contributed by atoms with E-state index < -0.39 is 10.2 Å². The molecule has 1 atom stereocenters. The van der Waals surface area contributed by atoms with Crippen molar-refractivity contribution in [2.24, 2.45) is 4.99 Å². The van der Waals surface area contributed by atoms with E-state index in [9.17, 15) is 0 Å². The van der Waals surface area contributed by atoms with Crippen LogP contribution in [0.25, 0.3) is 0 Å². The number of piperidine rings is 1. The average Bonchev–Trinajstić information content (AvgIpc) is 2.77. The Hall–Kier alpha value is 0.599. The predicted molar refractivity (Wildman–Crippen MR) is 64.1 cm³/mol. The molecule has 0 radical (unpaired) electrons. The number of amidine groups is 1. The quantitative estimate of drug-likeness (QED) is 0.428. The summed E-state index contributed by atoms with van der Waals surface area (Å²) in [5, 5.41) is 0.527. The molecular formula is C9H18ClN3O4Se2. The molecule has 1 N–H and O–H groups in total. The Balaban J connectivity index is 0.000000312. The molecule has 0 saturated carbocycles. The number of hydrogen-bond acceptors (Lipinski definition) is 7. The minimum atomic E-state index is -4.69. The molecule has 112 valence electrons. The van der Waals surface area contributed by atoms with Gasteiger partial charge in [-0.3, -0.25) is 0 Å². The van der Waals surface area contributed by atoms with Crippen LogP contribution in [0.2, 0.25) is 0 Å². The van der Waals surface area contributed by atoms with Crippen LogP contribution in [0.4, 0.5) is 0 Å². The molecule has 0 amide bonds. The molecule has 19 heavy (non-hydrogen) atoms. The molecule has 10 heteroatoms. The molecular weight excluding hydrogens is 407 g/mol. The van der Waals surface area contributed by atoms with Gasteiger partial charge in [-0.05, 0) is 0 Å². The fourth-order valence-electron chi connectivity index (χ4n) is 1.64. The largest absolute Gasteiger partial charge is 0.183 e. The molecule has 2 rings (SSSR count). The average molecular weight is 426 g/mol. The zero-order valence-electron chi connectivity index (χ0n) is 10.8. The first-order valence-corrected chi connectivity index (χ1v) is 13.2. The summed E-state index contributed by atoms with van der Waals surface area (Å²) in [7, 11) is -0.406. The van der Waals surface area contributed by atoms with Crippen LogP contribution in [0.15, 0.2) is 4.99 Å². The first-order valence-electron chi connectivity index (χ1n) is 5.73. The summed E-state index contributed by atoms with van der Waals surface area (Å²) in [5.74, 6) is 0. The van der Waals surface area contributed by atoms with E-state index in [1.807, 2.05) is 0 Å². The summed E-state index contributed by atoms with van der Waals surface area (Å²) < 4.78 is 34.2. The monoisotopic (exact) mass is 427 g/mol. The molecule has 0 aromatic heterocycles. The summed E-state index contributed by atoms with van der Waals surface area (Å²) in [4.78, 5) is 9.63. The molecule has 1 unspecified atom stereocenters. The SMILES string of the molecule is CN(C)C1N=C(N2CCCCC2)[Se][Se]1.[O-][Cl+3]([O-])([O-])O. The molecule has 1 fully saturated rings. The Morgan fingerprint density at radius 3 is 2.21 bits per heavy atom. The van der Waals surface area contributed by atoms with Gasteiger partial charge in [-0.1, -0.05) is 0 Å². The van der Waals surface area contributed by atoms with Gasteiger partial charge in [0.1, 0.15) is 0 Å². The Morgan fingerprint density at radius 2 is 1.79 bits per heavy atom. The van der Waals surface area contributed by atoms with Crippen LogP contribution >= 0.6 is 0 Å². The topological polar surface area (TPSA) is 108 Å². The van der Waals surface area contributed by atoms with Gasteiger partial charge in [0.2, 0.25) is 0 Å². The number of likely N-dealkylation sites (tertiary alicyclic amines) is 1. The van der Waals surface area contributed by atoms with Crippen molar-refractivity contribution < 1.29 is 28.9 Å². The van der Waals surface area contributed by atoms with Crippen molar-refractivity contribution in [2.75, 3.05) is 27.2 Å². The molecule has 0 aromatic carbocycles.